The second-order valence-corrected chi connectivity index (χ2v) is 6.34. The number of carbonyl (C=O) groups is 3. The van der Waals surface area contributed by atoms with Crippen molar-refractivity contribution in [3.8, 4) is 11.5 Å². The molecule has 0 radical (unpaired) electrons. The first-order valence-electron chi connectivity index (χ1n) is 9.02. The summed E-state index contributed by atoms with van der Waals surface area (Å²) in [4.78, 5) is 35.1. The Kier molecular flexibility index (Phi) is 9.06. The zero-order valence-corrected chi connectivity index (χ0v) is 17.4. The topological polar surface area (TPSA) is 118 Å². The summed E-state index contributed by atoms with van der Waals surface area (Å²) in [6.07, 6.45) is 2.72. The van der Waals surface area contributed by atoms with Crippen LogP contribution in [-0.4, -0.2) is 44.2 Å². The first-order chi connectivity index (χ1) is 14.9. The highest BCUT2D eigenvalue weighted by Crippen LogP contribution is 2.36. The lowest BCUT2D eigenvalue weighted by Crippen LogP contribution is -2.37. The van der Waals surface area contributed by atoms with Crippen LogP contribution in [0.2, 0.25) is 5.02 Å². The van der Waals surface area contributed by atoms with Gasteiger partial charge in [-0.2, -0.15) is 5.10 Å². The van der Waals surface area contributed by atoms with E-state index >= 15 is 0 Å². The predicted octanol–water partition coefficient (Wildman–Crippen LogP) is 2.12. The summed E-state index contributed by atoms with van der Waals surface area (Å²) in [5.74, 6) is -1.70. The third kappa shape index (κ3) is 7.48. The van der Waals surface area contributed by atoms with Gasteiger partial charge in [-0.25, -0.2) is 5.43 Å². The molecule has 0 fully saturated rings. The second-order valence-electron chi connectivity index (χ2n) is 5.93. The van der Waals surface area contributed by atoms with Gasteiger partial charge in [0.05, 0.1) is 18.3 Å². The number of hydrogen-bond donors (Lipinski definition) is 3. The number of hydrogen-bond acceptors (Lipinski definition) is 6. The number of anilines is 1. The predicted molar refractivity (Wildman–Crippen MR) is 118 cm³/mol. The largest absolute Gasteiger partial charge is 0.493 e. The molecule has 0 atom stereocenters. The molecule has 3 amide bonds. The van der Waals surface area contributed by atoms with Crippen molar-refractivity contribution in [3.63, 3.8) is 0 Å². The van der Waals surface area contributed by atoms with Gasteiger partial charge in [-0.3, -0.25) is 14.4 Å². The number of nitrogens with zero attached hydrogens (tertiary/aromatic N) is 1. The molecular formula is C21H21ClN4O5. The van der Waals surface area contributed by atoms with E-state index in [1.807, 2.05) is 6.07 Å². The van der Waals surface area contributed by atoms with E-state index in [0.29, 0.717) is 11.3 Å². The Morgan fingerprint density at radius 1 is 1.16 bits per heavy atom. The molecule has 3 N–H and O–H groups in total. The van der Waals surface area contributed by atoms with Crippen LogP contribution in [-0.2, 0) is 14.4 Å². The van der Waals surface area contributed by atoms with E-state index in [4.69, 9.17) is 21.1 Å². The summed E-state index contributed by atoms with van der Waals surface area (Å²) < 4.78 is 10.8. The first-order valence-corrected chi connectivity index (χ1v) is 9.39. The maximum atomic E-state index is 12.1. The summed E-state index contributed by atoms with van der Waals surface area (Å²) in [5, 5.41) is 8.89. The minimum Gasteiger partial charge on any atom is -0.493 e. The lowest BCUT2D eigenvalue weighted by atomic mass is 10.2. The molecule has 10 heteroatoms. The van der Waals surface area contributed by atoms with Gasteiger partial charge in [-0.1, -0.05) is 35.9 Å². The summed E-state index contributed by atoms with van der Waals surface area (Å²) in [6.45, 7) is 3.31. The Bertz CT molecular complexity index is 979. The van der Waals surface area contributed by atoms with Crippen LogP contribution in [0.3, 0.4) is 0 Å². The van der Waals surface area contributed by atoms with Gasteiger partial charge in [0.15, 0.2) is 18.1 Å². The lowest BCUT2D eigenvalue weighted by molar-refractivity contribution is -0.139. The second kappa shape index (κ2) is 12.0. The van der Waals surface area contributed by atoms with E-state index < -0.39 is 11.8 Å². The van der Waals surface area contributed by atoms with E-state index in [9.17, 15) is 14.4 Å². The van der Waals surface area contributed by atoms with Crippen LogP contribution in [0.4, 0.5) is 5.69 Å². The molecule has 0 aromatic heterocycles. The third-order valence-corrected chi connectivity index (χ3v) is 3.93. The number of methoxy groups -OCH3 is 1. The van der Waals surface area contributed by atoms with Crippen molar-refractivity contribution in [1.82, 2.24) is 10.7 Å². The number of para-hydroxylation sites is 1. The Morgan fingerprint density at radius 3 is 2.58 bits per heavy atom. The summed E-state index contributed by atoms with van der Waals surface area (Å²) in [6, 6.07) is 12.0. The molecule has 2 aromatic rings. The monoisotopic (exact) mass is 444 g/mol. The van der Waals surface area contributed by atoms with Crippen molar-refractivity contribution in [2.75, 3.05) is 25.6 Å². The minimum atomic E-state index is -0.930. The summed E-state index contributed by atoms with van der Waals surface area (Å²) >= 11 is 6.25. The fourth-order valence-corrected chi connectivity index (χ4v) is 2.55. The van der Waals surface area contributed by atoms with Crippen LogP contribution in [0.5, 0.6) is 11.5 Å². The Hall–Kier alpha value is -3.85. The highest BCUT2D eigenvalue weighted by molar-refractivity contribution is 6.35. The maximum absolute atomic E-state index is 12.1. The Balaban J connectivity index is 1.99. The fourth-order valence-electron chi connectivity index (χ4n) is 2.27. The van der Waals surface area contributed by atoms with E-state index in [1.165, 1.54) is 25.5 Å². The molecule has 9 nitrogen and oxygen atoms in total. The SMILES string of the molecule is C=CCNC(=O)C(=O)N/N=C\c1cc(Cl)c(OCC(=O)Nc2ccccc2)c(OC)c1. The quantitative estimate of drug-likeness (QED) is 0.237. The molecule has 31 heavy (non-hydrogen) atoms. The zero-order valence-electron chi connectivity index (χ0n) is 16.7. The van der Waals surface area contributed by atoms with Crippen molar-refractivity contribution < 1.29 is 23.9 Å². The number of rotatable bonds is 9. The average Bonchev–Trinajstić information content (AvgIpc) is 2.76. The van der Waals surface area contributed by atoms with Gasteiger partial charge in [0.25, 0.3) is 5.91 Å². The molecule has 0 saturated carbocycles. The van der Waals surface area contributed by atoms with Crippen LogP contribution in [0.1, 0.15) is 5.56 Å². The van der Waals surface area contributed by atoms with Gasteiger partial charge in [-0.05, 0) is 29.8 Å². The summed E-state index contributed by atoms with van der Waals surface area (Å²) in [5.41, 5.74) is 3.20. The van der Waals surface area contributed by atoms with Crippen LogP contribution in [0, 0.1) is 0 Å². The molecule has 0 aliphatic heterocycles. The van der Waals surface area contributed by atoms with Crippen molar-refractivity contribution in [1.29, 1.82) is 0 Å². The van der Waals surface area contributed by atoms with Gasteiger partial charge in [0.1, 0.15) is 0 Å². The molecule has 0 heterocycles. The number of amides is 3. The number of ether oxygens (including phenoxy) is 2. The third-order valence-electron chi connectivity index (χ3n) is 3.65. The Morgan fingerprint density at radius 2 is 1.90 bits per heavy atom. The molecule has 2 rings (SSSR count). The van der Waals surface area contributed by atoms with Crippen LogP contribution >= 0.6 is 11.6 Å². The highest BCUT2D eigenvalue weighted by Gasteiger charge is 2.14. The number of hydrazone groups is 1. The molecule has 0 aliphatic carbocycles. The number of nitrogens with one attached hydrogen (secondary N) is 3. The van der Waals surface area contributed by atoms with Gasteiger partial charge in [0, 0.05) is 12.2 Å². The van der Waals surface area contributed by atoms with Gasteiger partial charge >= 0.3 is 11.8 Å². The maximum Gasteiger partial charge on any atom is 0.329 e. The molecule has 0 bridgehead atoms. The first kappa shape index (κ1) is 23.4. The van der Waals surface area contributed by atoms with E-state index in [-0.39, 0.29) is 35.6 Å². The van der Waals surface area contributed by atoms with Gasteiger partial charge in [-0.15, -0.1) is 6.58 Å². The van der Waals surface area contributed by atoms with Gasteiger partial charge < -0.3 is 20.1 Å². The van der Waals surface area contributed by atoms with E-state index in [1.54, 1.807) is 30.3 Å². The van der Waals surface area contributed by atoms with E-state index in [0.717, 1.165) is 0 Å². The van der Waals surface area contributed by atoms with Crippen LogP contribution in [0.25, 0.3) is 0 Å². The number of benzene rings is 2. The molecule has 0 aliphatic rings. The molecule has 0 saturated heterocycles. The molecule has 0 spiro atoms. The van der Waals surface area contributed by atoms with Crippen molar-refractivity contribution in [2.24, 2.45) is 5.10 Å². The fraction of sp³-hybridized carbons (Fsp3) is 0.143. The highest BCUT2D eigenvalue weighted by atomic mass is 35.5. The normalized spacial score (nSPS) is 10.3. The van der Waals surface area contributed by atoms with Crippen molar-refractivity contribution in [3.05, 3.63) is 65.7 Å². The zero-order chi connectivity index (χ0) is 22.6. The smallest absolute Gasteiger partial charge is 0.329 e. The summed E-state index contributed by atoms with van der Waals surface area (Å²) in [7, 11) is 1.41. The number of halogens is 1. The molecular weight excluding hydrogens is 424 g/mol. The van der Waals surface area contributed by atoms with E-state index in [2.05, 4.69) is 27.7 Å². The molecule has 0 unspecified atom stereocenters. The standard InChI is InChI=1S/C21H21ClN4O5/c1-3-9-23-20(28)21(29)26-24-12-14-10-16(22)19(17(11-14)30-2)31-13-18(27)25-15-7-5-4-6-8-15/h3-8,10-12H,1,9,13H2,2H3,(H,23,28)(H,25,27)(H,26,29)/b24-12-. The van der Waals surface area contributed by atoms with Crippen LogP contribution < -0.4 is 25.5 Å². The average molecular weight is 445 g/mol. The van der Waals surface area contributed by atoms with Crippen molar-refractivity contribution >= 4 is 41.2 Å². The Labute approximate surface area is 184 Å². The molecule has 162 valence electrons. The van der Waals surface area contributed by atoms with Gasteiger partial charge in [0.2, 0.25) is 0 Å². The van der Waals surface area contributed by atoms with Crippen molar-refractivity contribution in [2.45, 2.75) is 0 Å². The minimum absolute atomic E-state index is 0.160. The molecule has 2 aromatic carbocycles. The number of carbonyl (C=O) groups excluding carboxylic acids is 3. The lowest BCUT2D eigenvalue weighted by Gasteiger charge is -2.13. The van der Waals surface area contributed by atoms with Crippen LogP contribution in [0.15, 0.2) is 60.2 Å².